The number of anilines is 1. The van der Waals surface area contributed by atoms with E-state index in [9.17, 15) is 0 Å². The second-order valence-electron chi connectivity index (χ2n) is 3.85. The lowest BCUT2D eigenvalue weighted by atomic mass is 10.3. The zero-order valence-electron chi connectivity index (χ0n) is 10.4. The van der Waals surface area contributed by atoms with E-state index in [0.29, 0.717) is 35.0 Å². The van der Waals surface area contributed by atoms with Crippen molar-refractivity contribution in [3.05, 3.63) is 46.3 Å². The molecule has 0 atom stereocenters. The van der Waals surface area contributed by atoms with Crippen LogP contribution in [0.3, 0.4) is 0 Å². The topological polar surface area (TPSA) is 47.0 Å². The summed E-state index contributed by atoms with van der Waals surface area (Å²) in [4.78, 5) is 8.20. The predicted octanol–water partition coefficient (Wildman–Crippen LogP) is 3.58. The van der Waals surface area contributed by atoms with Gasteiger partial charge in [-0.2, -0.15) is 0 Å². The Balaban J connectivity index is 1.79. The number of aryl methyl sites for hydroxylation is 1. The molecule has 6 heteroatoms. The second-order valence-corrected chi connectivity index (χ2v) is 4.68. The highest BCUT2D eigenvalue weighted by Crippen LogP contribution is 2.15. The van der Waals surface area contributed by atoms with E-state index in [1.54, 1.807) is 25.1 Å². The first-order chi connectivity index (χ1) is 9.13. The molecule has 0 radical (unpaired) electrons. The number of hydrogen-bond acceptors (Lipinski definition) is 4. The number of benzene rings is 1. The highest BCUT2D eigenvalue weighted by molar-refractivity contribution is 6.30. The molecule has 19 heavy (non-hydrogen) atoms. The maximum absolute atomic E-state index is 5.84. The van der Waals surface area contributed by atoms with Crippen molar-refractivity contribution in [1.29, 1.82) is 0 Å². The van der Waals surface area contributed by atoms with Crippen LogP contribution in [0.5, 0.6) is 5.75 Å². The van der Waals surface area contributed by atoms with Gasteiger partial charge in [-0.05, 0) is 31.2 Å². The molecule has 0 saturated heterocycles. The molecule has 0 fully saturated rings. The van der Waals surface area contributed by atoms with Crippen LogP contribution in [0.25, 0.3) is 0 Å². The summed E-state index contributed by atoms with van der Waals surface area (Å²) in [6.45, 7) is 2.93. The van der Waals surface area contributed by atoms with Crippen molar-refractivity contribution in [1.82, 2.24) is 9.97 Å². The van der Waals surface area contributed by atoms with Crippen molar-refractivity contribution in [2.45, 2.75) is 6.92 Å². The van der Waals surface area contributed by atoms with Crippen LogP contribution in [0.2, 0.25) is 10.2 Å². The first kappa shape index (κ1) is 13.9. The van der Waals surface area contributed by atoms with E-state index >= 15 is 0 Å². The van der Waals surface area contributed by atoms with Gasteiger partial charge in [0.1, 0.15) is 29.2 Å². The minimum absolute atomic E-state index is 0.425. The quantitative estimate of drug-likeness (QED) is 0.677. The zero-order chi connectivity index (χ0) is 13.7. The smallest absolute Gasteiger partial charge is 0.134 e. The number of ether oxygens (including phenoxy) is 1. The SMILES string of the molecule is Cc1nc(Cl)cc(NCCOc2ccc(Cl)cc2)n1. The summed E-state index contributed by atoms with van der Waals surface area (Å²) in [7, 11) is 0. The van der Waals surface area contributed by atoms with Crippen LogP contribution in [0.15, 0.2) is 30.3 Å². The van der Waals surface area contributed by atoms with Crippen LogP contribution < -0.4 is 10.1 Å². The minimum atomic E-state index is 0.425. The summed E-state index contributed by atoms with van der Waals surface area (Å²) < 4.78 is 5.55. The number of nitrogens with one attached hydrogen (secondary N) is 1. The fourth-order valence-corrected chi connectivity index (χ4v) is 1.85. The van der Waals surface area contributed by atoms with Gasteiger partial charge in [0, 0.05) is 11.1 Å². The standard InChI is InChI=1S/C13H13Cl2N3O/c1-9-17-12(15)8-13(18-9)16-6-7-19-11-4-2-10(14)3-5-11/h2-5,8H,6-7H2,1H3,(H,16,17,18). The average molecular weight is 298 g/mol. The normalized spacial score (nSPS) is 10.3. The van der Waals surface area contributed by atoms with Crippen molar-refractivity contribution < 1.29 is 4.74 Å². The maximum Gasteiger partial charge on any atom is 0.134 e. The van der Waals surface area contributed by atoms with Gasteiger partial charge in [-0.25, -0.2) is 9.97 Å². The Morgan fingerprint density at radius 1 is 1.16 bits per heavy atom. The van der Waals surface area contributed by atoms with Gasteiger partial charge in [0.05, 0.1) is 6.54 Å². The van der Waals surface area contributed by atoms with E-state index in [0.717, 1.165) is 5.75 Å². The fraction of sp³-hybridized carbons (Fsp3) is 0.231. The van der Waals surface area contributed by atoms with Gasteiger partial charge >= 0.3 is 0 Å². The maximum atomic E-state index is 5.84. The summed E-state index contributed by atoms with van der Waals surface area (Å²) in [5, 5.41) is 4.24. The van der Waals surface area contributed by atoms with Crippen molar-refractivity contribution in [2.24, 2.45) is 0 Å². The van der Waals surface area contributed by atoms with E-state index in [4.69, 9.17) is 27.9 Å². The van der Waals surface area contributed by atoms with Gasteiger partial charge in [0.15, 0.2) is 0 Å². The van der Waals surface area contributed by atoms with Gasteiger partial charge in [0.25, 0.3) is 0 Å². The van der Waals surface area contributed by atoms with Gasteiger partial charge in [-0.15, -0.1) is 0 Å². The molecule has 0 saturated carbocycles. The van der Waals surface area contributed by atoms with Gasteiger partial charge in [0.2, 0.25) is 0 Å². The molecule has 2 aromatic rings. The Hall–Kier alpha value is -1.52. The molecule has 4 nitrogen and oxygen atoms in total. The van der Waals surface area contributed by atoms with Crippen molar-refractivity contribution >= 4 is 29.0 Å². The van der Waals surface area contributed by atoms with Crippen molar-refractivity contribution in [3.63, 3.8) is 0 Å². The summed E-state index contributed by atoms with van der Waals surface area (Å²) in [6, 6.07) is 8.91. The Labute approximate surface area is 121 Å². The van der Waals surface area contributed by atoms with Crippen LogP contribution in [0, 0.1) is 6.92 Å². The van der Waals surface area contributed by atoms with Crippen molar-refractivity contribution in [2.75, 3.05) is 18.5 Å². The molecule has 1 aromatic heterocycles. The molecule has 2 rings (SSSR count). The second kappa shape index (κ2) is 6.59. The lowest BCUT2D eigenvalue weighted by molar-refractivity contribution is 0.333. The van der Waals surface area contributed by atoms with Crippen LogP contribution >= 0.6 is 23.2 Å². The molecule has 0 aliphatic heterocycles. The molecule has 0 spiro atoms. The molecule has 100 valence electrons. The van der Waals surface area contributed by atoms with E-state index in [1.165, 1.54) is 0 Å². The van der Waals surface area contributed by atoms with E-state index in [1.807, 2.05) is 12.1 Å². The fourth-order valence-electron chi connectivity index (χ4n) is 1.50. The van der Waals surface area contributed by atoms with E-state index in [2.05, 4.69) is 15.3 Å². The lowest BCUT2D eigenvalue weighted by Crippen LogP contribution is -2.12. The Morgan fingerprint density at radius 2 is 1.89 bits per heavy atom. The molecule has 0 aliphatic rings. The molecule has 0 unspecified atom stereocenters. The zero-order valence-corrected chi connectivity index (χ0v) is 11.9. The van der Waals surface area contributed by atoms with Gasteiger partial charge in [-0.3, -0.25) is 0 Å². The minimum Gasteiger partial charge on any atom is -0.492 e. The highest BCUT2D eigenvalue weighted by atomic mass is 35.5. The van der Waals surface area contributed by atoms with Gasteiger partial charge < -0.3 is 10.1 Å². The first-order valence-corrected chi connectivity index (χ1v) is 6.52. The first-order valence-electron chi connectivity index (χ1n) is 5.77. The number of halogens is 2. The lowest BCUT2D eigenvalue weighted by Gasteiger charge is -2.08. The summed E-state index contributed by atoms with van der Waals surface area (Å²) in [5.41, 5.74) is 0. The summed E-state index contributed by atoms with van der Waals surface area (Å²) >= 11 is 11.6. The molecule has 1 N–H and O–H groups in total. The molecule has 1 aromatic carbocycles. The number of nitrogens with zero attached hydrogens (tertiary/aromatic N) is 2. The van der Waals surface area contributed by atoms with Gasteiger partial charge in [-0.1, -0.05) is 23.2 Å². The summed E-state index contributed by atoms with van der Waals surface area (Å²) in [6.07, 6.45) is 0. The van der Waals surface area contributed by atoms with Crippen LogP contribution in [0.1, 0.15) is 5.82 Å². The summed E-state index contributed by atoms with van der Waals surface area (Å²) in [5.74, 6) is 2.11. The third-order valence-electron chi connectivity index (χ3n) is 2.30. The Bertz CT molecular complexity index is 526. The third-order valence-corrected chi connectivity index (χ3v) is 2.74. The number of hydrogen-bond donors (Lipinski definition) is 1. The molecule has 0 bridgehead atoms. The van der Waals surface area contributed by atoms with Crippen LogP contribution in [0.4, 0.5) is 5.82 Å². The highest BCUT2D eigenvalue weighted by Gasteiger charge is 1.99. The van der Waals surface area contributed by atoms with Crippen LogP contribution in [-0.4, -0.2) is 23.1 Å². The molecular weight excluding hydrogens is 285 g/mol. The largest absolute Gasteiger partial charge is 0.492 e. The van der Waals surface area contributed by atoms with E-state index in [-0.39, 0.29) is 0 Å². The average Bonchev–Trinajstić information content (AvgIpc) is 2.36. The predicted molar refractivity (Wildman–Crippen MR) is 77.2 cm³/mol. The Kier molecular flexibility index (Phi) is 4.82. The number of aromatic nitrogens is 2. The molecule has 1 heterocycles. The van der Waals surface area contributed by atoms with Crippen molar-refractivity contribution in [3.8, 4) is 5.75 Å². The molecule has 0 amide bonds. The molecule has 0 aliphatic carbocycles. The Morgan fingerprint density at radius 3 is 2.58 bits per heavy atom. The van der Waals surface area contributed by atoms with E-state index < -0.39 is 0 Å². The number of rotatable bonds is 5. The van der Waals surface area contributed by atoms with Crippen LogP contribution in [-0.2, 0) is 0 Å². The molecular formula is C13H13Cl2N3O. The monoisotopic (exact) mass is 297 g/mol. The third kappa shape index (κ3) is 4.58.